The number of amides is 1. The van der Waals surface area contributed by atoms with Gasteiger partial charge in [0.05, 0.1) is 18.1 Å². The lowest BCUT2D eigenvalue weighted by Crippen LogP contribution is -2.42. The van der Waals surface area contributed by atoms with Gasteiger partial charge >= 0.3 is 0 Å². The van der Waals surface area contributed by atoms with Crippen molar-refractivity contribution in [3.63, 3.8) is 0 Å². The molecule has 0 unspecified atom stereocenters. The highest BCUT2D eigenvalue weighted by atomic mass is 16.2. The van der Waals surface area contributed by atoms with Gasteiger partial charge in [0.25, 0.3) is 0 Å². The van der Waals surface area contributed by atoms with Crippen LogP contribution < -0.4 is 0 Å². The van der Waals surface area contributed by atoms with E-state index in [-0.39, 0.29) is 18.0 Å². The highest BCUT2D eigenvalue weighted by Gasteiger charge is 2.19. The third kappa shape index (κ3) is 3.59. The van der Waals surface area contributed by atoms with Crippen molar-refractivity contribution in [2.45, 2.75) is 46.2 Å². The van der Waals surface area contributed by atoms with Crippen molar-refractivity contribution < 1.29 is 4.79 Å². The van der Waals surface area contributed by atoms with Gasteiger partial charge < -0.3 is 4.90 Å². The maximum atomic E-state index is 12.2. The zero-order valence-electron chi connectivity index (χ0n) is 11.5. The number of rotatable bonds is 4. The van der Waals surface area contributed by atoms with Crippen LogP contribution in [0.4, 0.5) is 0 Å². The monoisotopic (exact) mass is 244 g/mol. The average molecular weight is 244 g/mol. The fourth-order valence-corrected chi connectivity index (χ4v) is 2.14. The van der Waals surface area contributed by atoms with Crippen LogP contribution >= 0.6 is 0 Å². The van der Waals surface area contributed by atoms with Gasteiger partial charge in [0.1, 0.15) is 0 Å². The molecule has 0 N–H and O–H groups in total. The molecule has 0 spiro atoms. The molecule has 0 fully saturated rings. The summed E-state index contributed by atoms with van der Waals surface area (Å²) in [5, 5.41) is 8.72. The molecule has 0 aliphatic heterocycles. The summed E-state index contributed by atoms with van der Waals surface area (Å²) in [6.45, 7) is 8.10. The summed E-state index contributed by atoms with van der Waals surface area (Å²) < 4.78 is 0. The molecule has 0 radical (unpaired) electrons. The van der Waals surface area contributed by atoms with Crippen molar-refractivity contribution in [1.29, 1.82) is 5.26 Å². The van der Waals surface area contributed by atoms with Gasteiger partial charge in [-0.3, -0.25) is 4.79 Å². The fraction of sp³-hybridized carbons (Fsp3) is 0.467. The largest absolute Gasteiger partial charge is 0.338 e. The molecule has 0 bridgehead atoms. The van der Waals surface area contributed by atoms with Crippen LogP contribution in [0.2, 0.25) is 0 Å². The first kappa shape index (κ1) is 14.2. The Morgan fingerprint density at radius 2 is 1.67 bits per heavy atom. The van der Waals surface area contributed by atoms with Crippen molar-refractivity contribution in [2.24, 2.45) is 0 Å². The van der Waals surface area contributed by atoms with Crippen molar-refractivity contribution >= 4 is 5.91 Å². The highest BCUT2D eigenvalue weighted by Crippen LogP contribution is 2.10. The Hall–Kier alpha value is -1.82. The summed E-state index contributed by atoms with van der Waals surface area (Å²) in [6, 6.07) is 9.66. The van der Waals surface area contributed by atoms with Crippen LogP contribution in [-0.2, 0) is 11.2 Å². The second-order valence-electron chi connectivity index (χ2n) is 4.97. The highest BCUT2D eigenvalue weighted by molar-refractivity contribution is 5.79. The van der Waals surface area contributed by atoms with Crippen molar-refractivity contribution in [3.05, 3.63) is 35.4 Å². The Balaban J connectivity index is 2.77. The van der Waals surface area contributed by atoms with E-state index >= 15 is 0 Å². The third-order valence-corrected chi connectivity index (χ3v) is 2.84. The smallest absolute Gasteiger partial charge is 0.227 e. The van der Waals surface area contributed by atoms with Crippen LogP contribution in [0, 0.1) is 11.3 Å². The molecule has 0 aliphatic carbocycles. The number of nitriles is 1. The van der Waals surface area contributed by atoms with Gasteiger partial charge in [-0.2, -0.15) is 5.26 Å². The number of carbonyl (C=O) groups excluding carboxylic acids is 1. The van der Waals surface area contributed by atoms with Gasteiger partial charge in [0.2, 0.25) is 5.91 Å². The summed E-state index contributed by atoms with van der Waals surface area (Å²) in [6.07, 6.45) is 0.391. The topological polar surface area (TPSA) is 44.1 Å². The van der Waals surface area contributed by atoms with E-state index in [4.69, 9.17) is 5.26 Å². The lowest BCUT2D eigenvalue weighted by Gasteiger charge is -2.30. The predicted octanol–water partition coefficient (Wildman–Crippen LogP) is 2.75. The summed E-state index contributed by atoms with van der Waals surface area (Å²) in [4.78, 5) is 14.1. The van der Waals surface area contributed by atoms with Crippen molar-refractivity contribution in [2.75, 3.05) is 0 Å². The number of nitrogens with zero attached hydrogens (tertiary/aromatic N) is 2. The molecule has 0 saturated carbocycles. The minimum Gasteiger partial charge on any atom is -0.338 e. The molecule has 0 atom stereocenters. The van der Waals surface area contributed by atoms with Gasteiger partial charge in [0.15, 0.2) is 0 Å². The Morgan fingerprint density at radius 1 is 1.17 bits per heavy atom. The van der Waals surface area contributed by atoms with E-state index in [9.17, 15) is 4.79 Å². The standard InChI is InChI=1S/C15H20N2O/c1-11(2)17(12(3)4)15(18)9-13-5-7-14(10-16)8-6-13/h5-8,11-12H,9H2,1-4H3. The van der Waals surface area contributed by atoms with Gasteiger partial charge in [-0.25, -0.2) is 0 Å². The molecular formula is C15H20N2O. The third-order valence-electron chi connectivity index (χ3n) is 2.84. The van der Waals surface area contributed by atoms with E-state index < -0.39 is 0 Å². The minimum atomic E-state index is 0.129. The quantitative estimate of drug-likeness (QED) is 0.817. The van der Waals surface area contributed by atoms with Gasteiger partial charge in [-0.05, 0) is 45.4 Å². The predicted molar refractivity (Wildman–Crippen MR) is 72.0 cm³/mol. The van der Waals surface area contributed by atoms with Crippen molar-refractivity contribution in [3.8, 4) is 6.07 Å². The molecule has 1 amide bonds. The first-order valence-corrected chi connectivity index (χ1v) is 6.26. The molecule has 3 nitrogen and oxygen atoms in total. The normalized spacial score (nSPS) is 10.5. The van der Waals surface area contributed by atoms with Gasteiger partial charge in [0, 0.05) is 12.1 Å². The molecular weight excluding hydrogens is 224 g/mol. The summed E-state index contributed by atoms with van der Waals surface area (Å²) in [5.74, 6) is 0.129. The Kier molecular flexibility index (Phi) is 4.91. The Morgan fingerprint density at radius 3 is 2.06 bits per heavy atom. The Labute approximate surface area is 109 Å². The van der Waals surface area contributed by atoms with E-state index in [1.807, 2.05) is 44.7 Å². The lowest BCUT2D eigenvalue weighted by atomic mass is 10.1. The second-order valence-corrected chi connectivity index (χ2v) is 4.97. The van der Waals surface area contributed by atoms with E-state index in [0.29, 0.717) is 12.0 Å². The van der Waals surface area contributed by atoms with Crippen LogP contribution in [0.15, 0.2) is 24.3 Å². The molecule has 3 heteroatoms. The second kappa shape index (κ2) is 6.20. The lowest BCUT2D eigenvalue weighted by molar-refractivity contribution is -0.134. The van der Waals surface area contributed by atoms with Crippen LogP contribution in [-0.4, -0.2) is 22.9 Å². The SMILES string of the molecule is CC(C)N(C(=O)Cc1ccc(C#N)cc1)C(C)C. The maximum absolute atomic E-state index is 12.2. The molecule has 1 rings (SSSR count). The molecule has 18 heavy (non-hydrogen) atoms. The van der Waals surface area contributed by atoms with E-state index in [1.165, 1.54) is 0 Å². The maximum Gasteiger partial charge on any atom is 0.227 e. The van der Waals surface area contributed by atoms with Crippen LogP contribution in [0.5, 0.6) is 0 Å². The fourth-order valence-electron chi connectivity index (χ4n) is 2.14. The molecule has 0 saturated heterocycles. The molecule has 0 aromatic heterocycles. The minimum absolute atomic E-state index is 0.129. The number of hydrogen-bond donors (Lipinski definition) is 0. The zero-order chi connectivity index (χ0) is 13.7. The van der Waals surface area contributed by atoms with Gasteiger partial charge in [-0.1, -0.05) is 12.1 Å². The summed E-state index contributed by atoms with van der Waals surface area (Å²) in [7, 11) is 0. The van der Waals surface area contributed by atoms with Crippen LogP contribution in [0.3, 0.4) is 0 Å². The number of carbonyl (C=O) groups is 1. The molecule has 1 aromatic rings. The summed E-state index contributed by atoms with van der Waals surface area (Å²) in [5.41, 5.74) is 1.57. The van der Waals surface area contributed by atoms with Crippen molar-refractivity contribution in [1.82, 2.24) is 4.90 Å². The first-order chi connectivity index (χ1) is 8.45. The Bertz CT molecular complexity index is 433. The zero-order valence-corrected chi connectivity index (χ0v) is 11.5. The number of hydrogen-bond acceptors (Lipinski definition) is 2. The first-order valence-electron chi connectivity index (χ1n) is 6.26. The van der Waals surface area contributed by atoms with Gasteiger partial charge in [-0.15, -0.1) is 0 Å². The summed E-state index contributed by atoms with van der Waals surface area (Å²) >= 11 is 0. The number of benzene rings is 1. The van der Waals surface area contributed by atoms with E-state index in [0.717, 1.165) is 5.56 Å². The van der Waals surface area contributed by atoms with E-state index in [1.54, 1.807) is 12.1 Å². The van der Waals surface area contributed by atoms with E-state index in [2.05, 4.69) is 6.07 Å². The van der Waals surface area contributed by atoms with Crippen LogP contribution in [0.25, 0.3) is 0 Å². The molecule has 0 heterocycles. The molecule has 0 aliphatic rings. The molecule has 96 valence electrons. The average Bonchev–Trinajstić information content (AvgIpc) is 2.28. The van der Waals surface area contributed by atoms with Crippen LogP contribution in [0.1, 0.15) is 38.8 Å². The molecule has 1 aromatic carbocycles.